The molecule has 1 saturated carbocycles. The van der Waals surface area contributed by atoms with Crippen LogP contribution < -0.4 is 4.74 Å². The van der Waals surface area contributed by atoms with Crippen molar-refractivity contribution in [2.24, 2.45) is 11.8 Å². The standard InChI is InChI=1S/C15H14O7/c1-6-12-10(15(20,13(6)18)14(19)21-2)11(17)9-7(16)4-3-5-8(9)22-12/h3-6,10,12,16,20H,1-2H3/t6-,10+,12+,15+/m0/s1. The Morgan fingerprint density at radius 1 is 1.36 bits per heavy atom. The fourth-order valence-electron chi connectivity index (χ4n) is 3.24. The van der Waals surface area contributed by atoms with Gasteiger partial charge in [-0.1, -0.05) is 13.0 Å². The molecule has 0 unspecified atom stereocenters. The lowest BCUT2D eigenvalue weighted by atomic mass is 9.81. The van der Waals surface area contributed by atoms with E-state index >= 15 is 0 Å². The van der Waals surface area contributed by atoms with Gasteiger partial charge in [-0.25, -0.2) is 4.79 Å². The van der Waals surface area contributed by atoms with Gasteiger partial charge in [0.25, 0.3) is 0 Å². The Bertz CT molecular complexity index is 695. The number of aliphatic hydroxyl groups is 1. The maximum absolute atomic E-state index is 12.7. The van der Waals surface area contributed by atoms with Crippen LogP contribution in [0.4, 0.5) is 0 Å². The Morgan fingerprint density at radius 3 is 2.68 bits per heavy atom. The number of hydrogen-bond acceptors (Lipinski definition) is 7. The van der Waals surface area contributed by atoms with Crippen molar-refractivity contribution in [2.45, 2.75) is 18.6 Å². The highest BCUT2D eigenvalue weighted by molar-refractivity contribution is 6.18. The van der Waals surface area contributed by atoms with Gasteiger partial charge in [0, 0.05) is 0 Å². The first-order valence-electron chi connectivity index (χ1n) is 6.72. The summed E-state index contributed by atoms with van der Waals surface area (Å²) in [6.07, 6.45) is -0.988. The monoisotopic (exact) mass is 306 g/mol. The number of Topliss-reactive ketones (excluding diaryl/α,β-unsaturated/α-hetero) is 2. The number of esters is 1. The van der Waals surface area contributed by atoms with Gasteiger partial charge in [0.1, 0.15) is 29.1 Å². The second-order valence-corrected chi connectivity index (χ2v) is 5.49. The number of phenols is 1. The molecule has 7 nitrogen and oxygen atoms in total. The molecule has 0 aromatic heterocycles. The van der Waals surface area contributed by atoms with Gasteiger partial charge in [-0.3, -0.25) is 9.59 Å². The van der Waals surface area contributed by atoms with Crippen LogP contribution in [0, 0.1) is 11.8 Å². The number of hydrogen-bond donors (Lipinski definition) is 2. The molecule has 116 valence electrons. The van der Waals surface area contributed by atoms with E-state index in [4.69, 9.17) is 4.74 Å². The zero-order valence-electron chi connectivity index (χ0n) is 11.9. The van der Waals surface area contributed by atoms with Crippen LogP contribution in [0.2, 0.25) is 0 Å². The predicted molar refractivity (Wildman–Crippen MR) is 71.5 cm³/mol. The highest BCUT2D eigenvalue weighted by atomic mass is 16.5. The summed E-state index contributed by atoms with van der Waals surface area (Å²) in [5.74, 6) is -5.26. The quantitative estimate of drug-likeness (QED) is 0.558. The largest absolute Gasteiger partial charge is 0.507 e. The SMILES string of the molecule is COC(=O)[C@]1(O)C(=O)[C@@H](C)[C@H]2Oc3cccc(O)c3C(=O)[C@H]21. The van der Waals surface area contributed by atoms with E-state index in [1.54, 1.807) is 0 Å². The number of fused-ring (bicyclic) bond motifs is 2. The third-order valence-electron chi connectivity index (χ3n) is 4.35. The lowest BCUT2D eigenvalue weighted by molar-refractivity contribution is -0.170. The average Bonchev–Trinajstić information content (AvgIpc) is 2.69. The van der Waals surface area contributed by atoms with Crippen molar-refractivity contribution < 1.29 is 34.1 Å². The molecule has 0 saturated heterocycles. The summed E-state index contributed by atoms with van der Waals surface area (Å²) in [7, 11) is 1.02. The number of aromatic hydroxyl groups is 1. The summed E-state index contributed by atoms with van der Waals surface area (Å²) in [6.45, 7) is 1.47. The van der Waals surface area contributed by atoms with Crippen molar-refractivity contribution in [1.82, 2.24) is 0 Å². The average molecular weight is 306 g/mol. The zero-order valence-corrected chi connectivity index (χ0v) is 11.9. The molecule has 7 heteroatoms. The Hall–Kier alpha value is -2.41. The molecule has 0 bridgehead atoms. The molecule has 0 spiro atoms. The van der Waals surface area contributed by atoms with Gasteiger partial charge in [-0.05, 0) is 12.1 Å². The Kier molecular flexibility index (Phi) is 3.00. The molecule has 0 radical (unpaired) electrons. The second kappa shape index (κ2) is 4.54. The summed E-state index contributed by atoms with van der Waals surface area (Å²) in [5.41, 5.74) is -2.75. The van der Waals surface area contributed by atoms with Gasteiger partial charge in [0.2, 0.25) is 5.60 Å². The van der Waals surface area contributed by atoms with Gasteiger partial charge in [-0.15, -0.1) is 0 Å². The van der Waals surface area contributed by atoms with Crippen molar-refractivity contribution in [3.8, 4) is 11.5 Å². The highest BCUT2D eigenvalue weighted by Crippen LogP contribution is 2.48. The minimum Gasteiger partial charge on any atom is -0.507 e. The van der Waals surface area contributed by atoms with Gasteiger partial charge >= 0.3 is 5.97 Å². The molecular formula is C15H14O7. The number of phenolic OH excluding ortho intramolecular Hbond substituents is 1. The Morgan fingerprint density at radius 2 is 2.05 bits per heavy atom. The van der Waals surface area contributed by atoms with Crippen LogP contribution in [-0.2, 0) is 14.3 Å². The van der Waals surface area contributed by atoms with E-state index in [2.05, 4.69) is 4.74 Å². The first-order chi connectivity index (χ1) is 10.3. The molecule has 4 atom stereocenters. The lowest BCUT2D eigenvalue weighted by Crippen LogP contribution is -2.54. The Labute approximate surface area is 125 Å². The number of carbonyl (C=O) groups is 3. The molecule has 1 aromatic rings. The van der Waals surface area contributed by atoms with Crippen molar-refractivity contribution in [3.63, 3.8) is 0 Å². The molecule has 1 heterocycles. The van der Waals surface area contributed by atoms with E-state index in [-0.39, 0.29) is 17.1 Å². The number of benzene rings is 1. The number of ketones is 2. The fourth-order valence-corrected chi connectivity index (χ4v) is 3.24. The normalized spacial score (nSPS) is 33.0. The molecular weight excluding hydrogens is 292 g/mol. The van der Waals surface area contributed by atoms with Crippen LogP contribution in [0.1, 0.15) is 17.3 Å². The van der Waals surface area contributed by atoms with Gasteiger partial charge in [0.05, 0.1) is 13.0 Å². The minimum atomic E-state index is -2.60. The van der Waals surface area contributed by atoms with Gasteiger partial charge in [-0.2, -0.15) is 0 Å². The molecule has 1 fully saturated rings. The summed E-state index contributed by atoms with van der Waals surface area (Å²) in [6, 6.07) is 4.27. The third kappa shape index (κ3) is 1.57. The third-order valence-corrected chi connectivity index (χ3v) is 4.35. The molecule has 1 aromatic carbocycles. The topological polar surface area (TPSA) is 110 Å². The summed E-state index contributed by atoms with van der Waals surface area (Å²) >= 11 is 0. The van der Waals surface area contributed by atoms with Crippen LogP contribution in [-0.4, -0.2) is 46.6 Å². The molecule has 1 aliphatic carbocycles. The second-order valence-electron chi connectivity index (χ2n) is 5.49. The van der Waals surface area contributed by atoms with Crippen molar-refractivity contribution in [1.29, 1.82) is 0 Å². The highest BCUT2D eigenvalue weighted by Gasteiger charge is 2.68. The van der Waals surface area contributed by atoms with Gasteiger partial charge < -0.3 is 19.7 Å². The smallest absolute Gasteiger partial charge is 0.346 e. The minimum absolute atomic E-state index is 0.125. The maximum Gasteiger partial charge on any atom is 0.346 e. The molecule has 2 N–H and O–H groups in total. The van der Waals surface area contributed by atoms with Crippen LogP contribution in [0.3, 0.4) is 0 Å². The predicted octanol–water partition coefficient (Wildman–Crippen LogP) is 0.0750. The van der Waals surface area contributed by atoms with Gasteiger partial charge in [0.15, 0.2) is 11.6 Å². The number of rotatable bonds is 1. The number of ether oxygens (including phenoxy) is 2. The molecule has 2 aliphatic rings. The van der Waals surface area contributed by atoms with E-state index in [1.807, 2.05) is 0 Å². The zero-order chi connectivity index (χ0) is 16.2. The first kappa shape index (κ1) is 14.5. The van der Waals surface area contributed by atoms with E-state index in [9.17, 15) is 24.6 Å². The van der Waals surface area contributed by atoms with Crippen LogP contribution in [0.5, 0.6) is 11.5 Å². The fraction of sp³-hybridized carbons (Fsp3) is 0.400. The molecule has 3 rings (SSSR count). The van der Waals surface area contributed by atoms with E-state index < -0.39 is 41.1 Å². The summed E-state index contributed by atoms with van der Waals surface area (Å²) in [5, 5.41) is 20.4. The molecule has 1 aliphatic heterocycles. The van der Waals surface area contributed by atoms with Crippen LogP contribution in [0.15, 0.2) is 18.2 Å². The van der Waals surface area contributed by atoms with Crippen LogP contribution >= 0.6 is 0 Å². The van der Waals surface area contributed by atoms with E-state index in [1.165, 1.54) is 25.1 Å². The molecule has 22 heavy (non-hydrogen) atoms. The first-order valence-corrected chi connectivity index (χ1v) is 6.72. The number of carbonyl (C=O) groups excluding carboxylic acids is 3. The molecule has 0 amide bonds. The van der Waals surface area contributed by atoms with E-state index in [0.717, 1.165) is 7.11 Å². The van der Waals surface area contributed by atoms with Crippen molar-refractivity contribution >= 4 is 17.5 Å². The van der Waals surface area contributed by atoms with E-state index in [0.29, 0.717) is 0 Å². The van der Waals surface area contributed by atoms with Crippen molar-refractivity contribution in [3.05, 3.63) is 23.8 Å². The van der Waals surface area contributed by atoms with Crippen molar-refractivity contribution in [2.75, 3.05) is 7.11 Å². The summed E-state index contributed by atoms with van der Waals surface area (Å²) in [4.78, 5) is 36.9. The Balaban J connectivity index is 2.19. The van der Waals surface area contributed by atoms with Crippen LogP contribution in [0.25, 0.3) is 0 Å². The number of methoxy groups -OCH3 is 1. The summed E-state index contributed by atoms with van der Waals surface area (Å²) < 4.78 is 10.1. The maximum atomic E-state index is 12.7. The lowest BCUT2D eigenvalue weighted by Gasteiger charge is -2.33.